The molecular weight excluding hydrogens is 520 g/mol. The summed E-state index contributed by atoms with van der Waals surface area (Å²) in [5, 5.41) is 0. The van der Waals surface area contributed by atoms with Crippen LogP contribution in [0, 0.1) is 10.8 Å². The van der Waals surface area contributed by atoms with E-state index in [1.807, 2.05) is 27.7 Å². The lowest BCUT2D eigenvalue weighted by molar-refractivity contribution is -0.124. The number of hydrogen-bond acceptors (Lipinski definition) is 6. The molecule has 0 N–H and O–H groups in total. The monoisotopic (exact) mass is 566 g/mol. The first-order valence-corrected chi connectivity index (χ1v) is 14.7. The summed E-state index contributed by atoms with van der Waals surface area (Å²) in [7, 11) is 0. The van der Waals surface area contributed by atoms with Crippen molar-refractivity contribution in [2.24, 2.45) is 10.8 Å². The minimum atomic E-state index is -0.642. The minimum absolute atomic E-state index is 0.0626. The van der Waals surface area contributed by atoms with Gasteiger partial charge in [0, 0.05) is 38.8 Å². The Bertz CT molecular complexity index is 907. The quantitative estimate of drug-likeness (QED) is 0.219. The van der Waals surface area contributed by atoms with E-state index in [0.29, 0.717) is 61.8 Å². The van der Waals surface area contributed by atoms with E-state index in [-0.39, 0.29) is 47.3 Å². The van der Waals surface area contributed by atoms with Crippen LogP contribution in [0.1, 0.15) is 99.8 Å². The SMILES string of the molecule is CCN1CC(=S)N(C(CC(C)(C)CCC(=O)CCC(=O)CCC(C)(C)CC)N2C(=O)N(CC)CC2=S)C1=O. The topological polar surface area (TPSA) is 81.2 Å². The molecule has 2 saturated heterocycles. The van der Waals surface area contributed by atoms with Crippen molar-refractivity contribution in [1.29, 1.82) is 0 Å². The van der Waals surface area contributed by atoms with Crippen LogP contribution < -0.4 is 0 Å². The van der Waals surface area contributed by atoms with Crippen LogP contribution in [0.15, 0.2) is 0 Å². The lowest BCUT2D eigenvalue weighted by atomic mass is 9.81. The van der Waals surface area contributed by atoms with Crippen LogP contribution in [0.25, 0.3) is 0 Å². The zero-order valence-electron chi connectivity index (χ0n) is 24.3. The first-order valence-electron chi connectivity index (χ1n) is 13.9. The summed E-state index contributed by atoms with van der Waals surface area (Å²) in [5.74, 6) is 0.204. The van der Waals surface area contributed by atoms with Crippen molar-refractivity contribution >= 4 is 58.0 Å². The predicted octanol–water partition coefficient (Wildman–Crippen LogP) is 5.81. The van der Waals surface area contributed by atoms with E-state index in [1.165, 1.54) is 0 Å². The van der Waals surface area contributed by atoms with Gasteiger partial charge in [0.1, 0.15) is 27.7 Å². The number of urea groups is 2. The molecule has 0 spiro atoms. The van der Waals surface area contributed by atoms with Gasteiger partial charge in [-0.2, -0.15) is 0 Å². The smallest absolute Gasteiger partial charge is 0.318 e. The van der Waals surface area contributed by atoms with Gasteiger partial charge in [-0.1, -0.05) is 65.5 Å². The van der Waals surface area contributed by atoms with Crippen LogP contribution in [0.5, 0.6) is 0 Å². The molecule has 2 rings (SSSR count). The summed E-state index contributed by atoms with van der Waals surface area (Å²) in [5.41, 5.74) is -0.249. The molecule has 0 aromatic carbocycles. The van der Waals surface area contributed by atoms with Crippen molar-refractivity contribution in [2.45, 2.75) is 106 Å². The molecule has 214 valence electrons. The zero-order valence-corrected chi connectivity index (χ0v) is 25.9. The highest BCUT2D eigenvalue weighted by Gasteiger charge is 2.47. The molecule has 2 fully saturated rings. The Hall–Kier alpha value is -1.94. The van der Waals surface area contributed by atoms with Crippen molar-refractivity contribution < 1.29 is 19.2 Å². The largest absolute Gasteiger partial charge is 0.327 e. The summed E-state index contributed by atoms with van der Waals surface area (Å²) in [4.78, 5) is 58.8. The van der Waals surface area contributed by atoms with Crippen molar-refractivity contribution in [3.05, 3.63) is 0 Å². The van der Waals surface area contributed by atoms with Gasteiger partial charge in [-0.05, 0) is 43.9 Å². The standard InChI is InChI=1S/C28H46N4O4S2/c1-8-27(4,5)15-13-20(33)11-12-21(34)14-16-28(6,7)17-22(31-23(37)18-29(9-2)25(31)35)32-24(38)19-30(10-3)26(32)36/h22H,8-19H2,1-7H3. The number of Topliss-reactive ketones (excluding diaryl/α,β-unsaturated/α-hetero) is 2. The van der Waals surface area contributed by atoms with Gasteiger partial charge < -0.3 is 9.80 Å². The van der Waals surface area contributed by atoms with Crippen molar-refractivity contribution in [2.75, 3.05) is 26.2 Å². The second kappa shape index (κ2) is 13.4. The van der Waals surface area contributed by atoms with Crippen LogP contribution in [0.3, 0.4) is 0 Å². The maximum absolute atomic E-state index is 13.2. The third kappa shape index (κ3) is 8.28. The number of carbonyl (C=O) groups is 4. The van der Waals surface area contributed by atoms with Gasteiger partial charge in [-0.15, -0.1) is 0 Å². The summed E-state index contributed by atoms with van der Waals surface area (Å²) in [6, 6.07) is -0.436. The number of nitrogens with zero attached hydrogens (tertiary/aromatic N) is 4. The molecule has 2 aliphatic rings. The van der Waals surface area contributed by atoms with E-state index in [2.05, 4.69) is 20.8 Å². The highest BCUT2D eigenvalue weighted by atomic mass is 32.1. The first kappa shape index (κ1) is 32.3. The Morgan fingerprint density at radius 2 is 1.13 bits per heavy atom. The van der Waals surface area contributed by atoms with Crippen LogP contribution >= 0.6 is 24.4 Å². The van der Waals surface area contributed by atoms with Gasteiger partial charge in [-0.25, -0.2) is 9.59 Å². The molecule has 0 aromatic rings. The zero-order chi connectivity index (χ0) is 28.8. The van der Waals surface area contributed by atoms with Crippen molar-refractivity contribution in [1.82, 2.24) is 19.6 Å². The Balaban J connectivity index is 2.07. The fourth-order valence-electron chi connectivity index (χ4n) is 4.77. The third-order valence-corrected chi connectivity index (χ3v) is 8.69. The number of ketones is 2. The van der Waals surface area contributed by atoms with E-state index in [4.69, 9.17) is 24.4 Å². The average molecular weight is 567 g/mol. The van der Waals surface area contributed by atoms with E-state index >= 15 is 0 Å². The highest BCUT2D eigenvalue weighted by Crippen LogP contribution is 2.35. The molecule has 2 heterocycles. The fourth-order valence-corrected chi connectivity index (χ4v) is 5.48. The minimum Gasteiger partial charge on any atom is -0.318 e. The van der Waals surface area contributed by atoms with Gasteiger partial charge in [0.05, 0.1) is 13.1 Å². The van der Waals surface area contributed by atoms with E-state index in [0.717, 1.165) is 12.8 Å². The molecule has 0 aromatic heterocycles. The van der Waals surface area contributed by atoms with Crippen LogP contribution in [-0.4, -0.2) is 85.6 Å². The second-order valence-corrected chi connectivity index (χ2v) is 13.0. The predicted molar refractivity (Wildman–Crippen MR) is 158 cm³/mol. The molecule has 0 saturated carbocycles. The molecule has 0 bridgehead atoms. The molecule has 0 unspecified atom stereocenters. The van der Waals surface area contributed by atoms with Crippen molar-refractivity contribution in [3.63, 3.8) is 0 Å². The average Bonchev–Trinajstić information content (AvgIpc) is 3.31. The molecule has 0 radical (unpaired) electrons. The van der Waals surface area contributed by atoms with Crippen molar-refractivity contribution in [3.8, 4) is 0 Å². The maximum Gasteiger partial charge on any atom is 0.327 e. The van der Waals surface area contributed by atoms with Crippen LogP contribution in [0.2, 0.25) is 0 Å². The van der Waals surface area contributed by atoms with E-state index in [1.54, 1.807) is 19.6 Å². The lowest BCUT2D eigenvalue weighted by Gasteiger charge is -2.39. The summed E-state index contributed by atoms with van der Waals surface area (Å²) in [6.07, 6.45) is 3.60. The van der Waals surface area contributed by atoms with Gasteiger partial charge in [0.2, 0.25) is 0 Å². The van der Waals surface area contributed by atoms with Gasteiger partial charge >= 0.3 is 12.1 Å². The number of carbonyl (C=O) groups excluding carboxylic acids is 4. The number of thiocarbonyl (C=S) groups is 2. The Morgan fingerprint density at radius 1 is 0.737 bits per heavy atom. The fraction of sp³-hybridized carbons (Fsp3) is 0.786. The Kier molecular flexibility index (Phi) is 11.4. The number of amides is 4. The van der Waals surface area contributed by atoms with E-state index < -0.39 is 6.17 Å². The van der Waals surface area contributed by atoms with E-state index in [9.17, 15) is 19.2 Å². The molecule has 4 amide bonds. The molecule has 0 aliphatic carbocycles. The summed E-state index contributed by atoms with van der Waals surface area (Å²) >= 11 is 11.2. The highest BCUT2D eigenvalue weighted by molar-refractivity contribution is 7.80. The molecule has 8 nitrogen and oxygen atoms in total. The number of rotatable bonds is 16. The Morgan fingerprint density at radius 3 is 1.47 bits per heavy atom. The molecule has 0 atom stereocenters. The molecular formula is C28H46N4O4S2. The maximum atomic E-state index is 13.2. The third-order valence-electron chi connectivity index (χ3n) is 8.04. The normalized spacial score (nSPS) is 17.1. The van der Waals surface area contributed by atoms with Crippen LogP contribution in [-0.2, 0) is 9.59 Å². The van der Waals surface area contributed by atoms with Crippen LogP contribution in [0.4, 0.5) is 9.59 Å². The first-order chi connectivity index (χ1) is 17.7. The molecule has 38 heavy (non-hydrogen) atoms. The Labute approximate surface area is 239 Å². The summed E-state index contributed by atoms with van der Waals surface area (Å²) < 4.78 is 0. The lowest BCUT2D eigenvalue weighted by Crippen LogP contribution is -2.55. The number of likely N-dealkylation sites (N-methyl/N-ethyl adjacent to an activating group) is 2. The molecule has 10 heteroatoms. The molecule has 2 aliphatic heterocycles. The second-order valence-electron chi connectivity index (χ2n) is 12.1. The van der Waals surface area contributed by atoms with Gasteiger partial charge in [0.25, 0.3) is 0 Å². The summed E-state index contributed by atoms with van der Waals surface area (Å²) in [6.45, 7) is 16.0. The number of hydrogen-bond donors (Lipinski definition) is 0. The van der Waals surface area contributed by atoms with Gasteiger partial charge in [0.15, 0.2) is 0 Å². The van der Waals surface area contributed by atoms with Gasteiger partial charge in [-0.3, -0.25) is 19.4 Å².